The molecule has 13 heteroatoms. The molecule has 0 radical (unpaired) electrons. The molecule has 184 valence electrons. The second-order valence-corrected chi connectivity index (χ2v) is 8.32. The van der Waals surface area contributed by atoms with Crippen molar-refractivity contribution in [2.24, 2.45) is 11.7 Å². The number of amides is 3. The molecule has 0 heterocycles. The number of nitrogens with one attached hydrogen (secondary N) is 3. The summed E-state index contributed by atoms with van der Waals surface area (Å²) in [4.78, 5) is 59.4. The van der Waals surface area contributed by atoms with Gasteiger partial charge in [-0.25, -0.2) is 4.79 Å². The van der Waals surface area contributed by atoms with E-state index in [1.807, 2.05) is 6.92 Å². The predicted molar refractivity (Wildman–Crippen MR) is 118 cm³/mol. The number of nitrogens with two attached hydrogens (primary N) is 1. The van der Waals surface area contributed by atoms with Crippen molar-refractivity contribution in [1.82, 2.24) is 16.0 Å². The zero-order chi connectivity index (χ0) is 24.8. The van der Waals surface area contributed by atoms with Crippen LogP contribution in [-0.4, -0.2) is 87.8 Å². The number of hydrogen-bond donors (Lipinski definition) is 7. The molecule has 0 bridgehead atoms. The molecule has 32 heavy (non-hydrogen) atoms. The van der Waals surface area contributed by atoms with Gasteiger partial charge in [0.25, 0.3) is 0 Å². The summed E-state index contributed by atoms with van der Waals surface area (Å²) < 4.78 is 0. The first-order valence-corrected chi connectivity index (χ1v) is 11.6. The van der Waals surface area contributed by atoms with Gasteiger partial charge in [0.15, 0.2) is 0 Å². The van der Waals surface area contributed by atoms with Gasteiger partial charge < -0.3 is 37.0 Å². The molecule has 0 aromatic rings. The summed E-state index contributed by atoms with van der Waals surface area (Å²) in [5.41, 5.74) is 5.83. The van der Waals surface area contributed by atoms with Crippen molar-refractivity contribution in [3.8, 4) is 0 Å². The highest BCUT2D eigenvalue weighted by Crippen LogP contribution is 2.07. The zero-order valence-electron chi connectivity index (χ0n) is 18.5. The van der Waals surface area contributed by atoms with Crippen molar-refractivity contribution in [2.75, 3.05) is 18.6 Å². The molecule has 0 aromatic carbocycles. The molecule has 12 nitrogen and oxygen atoms in total. The Morgan fingerprint density at radius 1 is 0.906 bits per heavy atom. The average molecular weight is 479 g/mol. The van der Waals surface area contributed by atoms with Gasteiger partial charge in [-0.3, -0.25) is 19.2 Å². The summed E-state index contributed by atoms with van der Waals surface area (Å²) in [6.07, 6.45) is 1.75. The highest BCUT2D eigenvalue weighted by atomic mass is 32.2. The van der Waals surface area contributed by atoms with Crippen LogP contribution < -0.4 is 21.7 Å². The lowest BCUT2D eigenvalue weighted by Gasteiger charge is -2.25. The SMILES string of the molecule is CCC(C)C(N)C(=O)NC(CO)C(=O)NC(CCSC)C(=O)NC(CCC(=O)O)C(=O)O. The number of carbonyl (C=O) groups is 5. The Labute approximate surface area is 191 Å². The second kappa shape index (κ2) is 15.4. The largest absolute Gasteiger partial charge is 0.481 e. The predicted octanol–water partition coefficient (Wildman–Crippen LogP) is -1.49. The Morgan fingerprint density at radius 2 is 1.44 bits per heavy atom. The molecule has 0 aliphatic rings. The number of hydrogen-bond acceptors (Lipinski definition) is 8. The molecule has 5 atom stereocenters. The standard InChI is InChI=1S/C19H34N4O8S/c1-4-10(2)15(20)18(29)23-13(9-24)17(28)21-11(7-8-32-3)16(27)22-12(19(30)31)5-6-14(25)26/h10-13,15,24H,4-9,20H2,1-3H3,(H,21,28)(H,22,27)(H,23,29)(H,25,26)(H,30,31). The zero-order valence-corrected chi connectivity index (χ0v) is 19.3. The molecule has 0 spiro atoms. The third kappa shape index (κ3) is 10.8. The number of aliphatic hydroxyl groups excluding tert-OH is 1. The molecule has 5 unspecified atom stereocenters. The van der Waals surface area contributed by atoms with Crippen LogP contribution in [0.15, 0.2) is 0 Å². The lowest BCUT2D eigenvalue weighted by atomic mass is 9.99. The quantitative estimate of drug-likeness (QED) is 0.137. The van der Waals surface area contributed by atoms with E-state index in [2.05, 4.69) is 16.0 Å². The van der Waals surface area contributed by atoms with E-state index in [1.165, 1.54) is 11.8 Å². The van der Waals surface area contributed by atoms with Crippen LogP contribution >= 0.6 is 11.8 Å². The van der Waals surface area contributed by atoms with Gasteiger partial charge in [-0.2, -0.15) is 11.8 Å². The normalized spacial score (nSPS) is 15.5. The number of aliphatic carboxylic acids is 2. The first kappa shape index (κ1) is 29.6. The van der Waals surface area contributed by atoms with Crippen LogP contribution in [0.1, 0.15) is 39.5 Å². The van der Waals surface area contributed by atoms with Crippen LogP contribution in [-0.2, 0) is 24.0 Å². The fraction of sp³-hybridized carbons (Fsp3) is 0.737. The van der Waals surface area contributed by atoms with Crippen LogP contribution in [0, 0.1) is 5.92 Å². The van der Waals surface area contributed by atoms with Crippen LogP contribution in [0.2, 0.25) is 0 Å². The van der Waals surface area contributed by atoms with Gasteiger partial charge in [0.2, 0.25) is 17.7 Å². The Morgan fingerprint density at radius 3 is 1.91 bits per heavy atom. The van der Waals surface area contributed by atoms with E-state index < -0.39 is 66.9 Å². The molecule has 0 aliphatic heterocycles. The monoisotopic (exact) mass is 478 g/mol. The number of carbonyl (C=O) groups excluding carboxylic acids is 3. The Bertz CT molecular complexity index is 663. The topological polar surface area (TPSA) is 208 Å². The number of thioether (sulfide) groups is 1. The van der Waals surface area contributed by atoms with Crippen LogP contribution in [0.3, 0.4) is 0 Å². The van der Waals surface area contributed by atoms with Crippen LogP contribution in [0.5, 0.6) is 0 Å². The van der Waals surface area contributed by atoms with Crippen LogP contribution in [0.4, 0.5) is 0 Å². The van der Waals surface area contributed by atoms with Gasteiger partial charge in [0, 0.05) is 6.42 Å². The number of rotatable bonds is 16. The maximum atomic E-state index is 12.6. The van der Waals surface area contributed by atoms with E-state index in [9.17, 15) is 34.2 Å². The van der Waals surface area contributed by atoms with Crippen molar-refractivity contribution in [1.29, 1.82) is 0 Å². The third-order valence-electron chi connectivity index (χ3n) is 4.88. The number of carboxylic acids is 2. The van der Waals surface area contributed by atoms with Crippen molar-refractivity contribution in [3.63, 3.8) is 0 Å². The van der Waals surface area contributed by atoms with E-state index in [-0.39, 0.29) is 18.8 Å². The summed E-state index contributed by atoms with van der Waals surface area (Å²) in [5, 5.41) is 34.5. The summed E-state index contributed by atoms with van der Waals surface area (Å²) >= 11 is 1.39. The number of carboxylic acid groups (broad SMARTS) is 2. The molecule has 0 rings (SSSR count). The molecule has 0 aliphatic carbocycles. The van der Waals surface area contributed by atoms with Crippen molar-refractivity contribution < 1.29 is 39.3 Å². The summed E-state index contributed by atoms with van der Waals surface area (Å²) in [7, 11) is 0. The lowest BCUT2D eigenvalue weighted by molar-refractivity contribution is -0.143. The lowest BCUT2D eigenvalue weighted by Crippen LogP contribution is -2.58. The first-order chi connectivity index (χ1) is 15.0. The molecule has 3 amide bonds. The first-order valence-electron chi connectivity index (χ1n) is 10.2. The minimum atomic E-state index is -1.45. The van der Waals surface area contributed by atoms with E-state index in [0.717, 1.165) is 0 Å². The summed E-state index contributed by atoms with van der Waals surface area (Å²) in [6.45, 7) is 2.88. The Hall–Kier alpha value is -2.38. The number of aliphatic hydroxyl groups is 1. The average Bonchev–Trinajstić information content (AvgIpc) is 2.75. The maximum Gasteiger partial charge on any atom is 0.326 e. The Kier molecular flexibility index (Phi) is 14.3. The second-order valence-electron chi connectivity index (χ2n) is 7.33. The highest BCUT2D eigenvalue weighted by Gasteiger charge is 2.30. The van der Waals surface area contributed by atoms with Gasteiger partial charge in [-0.05, 0) is 30.8 Å². The van der Waals surface area contributed by atoms with Crippen LogP contribution in [0.25, 0.3) is 0 Å². The molecular weight excluding hydrogens is 444 g/mol. The van der Waals surface area contributed by atoms with E-state index in [0.29, 0.717) is 12.2 Å². The fourth-order valence-corrected chi connectivity index (χ4v) is 3.02. The van der Waals surface area contributed by atoms with Gasteiger partial charge >= 0.3 is 11.9 Å². The van der Waals surface area contributed by atoms with E-state index >= 15 is 0 Å². The Balaban J connectivity index is 5.26. The van der Waals surface area contributed by atoms with E-state index in [4.69, 9.17) is 10.8 Å². The minimum Gasteiger partial charge on any atom is -0.481 e. The van der Waals surface area contributed by atoms with Gasteiger partial charge in [0.1, 0.15) is 18.1 Å². The highest BCUT2D eigenvalue weighted by molar-refractivity contribution is 7.98. The van der Waals surface area contributed by atoms with Crippen molar-refractivity contribution in [3.05, 3.63) is 0 Å². The summed E-state index contributed by atoms with van der Waals surface area (Å²) in [6, 6.07) is -4.85. The van der Waals surface area contributed by atoms with Gasteiger partial charge in [0.05, 0.1) is 12.6 Å². The molecular formula is C19H34N4O8S. The molecule has 0 saturated carbocycles. The summed E-state index contributed by atoms with van der Waals surface area (Å²) in [5.74, 6) is -4.61. The third-order valence-corrected chi connectivity index (χ3v) is 5.52. The molecule has 8 N–H and O–H groups in total. The molecule has 0 saturated heterocycles. The smallest absolute Gasteiger partial charge is 0.326 e. The molecule has 0 aromatic heterocycles. The van der Waals surface area contributed by atoms with Gasteiger partial charge in [-0.1, -0.05) is 20.3 Å². The van der Waals surface area contributed by atoms with Gasteiger partial charge in [-0.15, -0.1) is 0 Å². The van der Waals surface area contributed by atoms with Crippen molar-refractivity contribution >= 4 is 41.4 Å². The maximum absolute atomic E-state index is 12.6. The fourth-order valence-electron chi connectivity index (χ4n) is 2.55. The van der Waals surface area contributed by atoms with E-state index in [1.54, 1.807) is 13.2 Å². The molecule has 0 fully saturated rings. The minimum absolute atomic E-state index is 0.141. The van der Waals surface area contributed by atoms with Crippen molar-refractivity contribution in [2.45, 2.75) is 63.7 Å².